The smallest absolute Gasteiger partial charge is 0.351 e. The predicted octanol–water partition coefficient (Wildman–Crippen LogP) is 2.67. The summed E-state index contributed by atoms with van der Waals surface area (Å²) in [5.41, 5.74) is -0.901. The van der Waals surface area contributed by atoms with Gasteiger partial charge in [0.05, 0.1) is 6.61 Å². The third-order valence-electron chi connectivity index (χ3n) is 2.70. The van der Waals surface area contributed by atoms with Gasteiger partial charge in [0, 0.05) is 11.5 Å². The van der Waals surface area contributed by atoms with Crippen molar-refractivity contribution in [3.63, 3.8) is 0 Å². The Morgan fingerprint density at radius 2 is 2.16 bits per heavy atom. The zero-order valence-electron chi connectivity index (χ0n) is 10.5. The van der Waals surface area contributed by atoms with Crippen LogP contribution in [0.2, 0.25) is 0 Å². The first kappa shape index (κ1) is 13.1. The first-order valence-electron chi connectivity index (χ1n) is 6.06. The van der Waals surface area contributed by atoms with E-state index in [1.165, 1.54) is 6.07 Å². The minimum absolute atomic E-state index is 0.323. The molecular formula is C14H14O5. The van der Waals surface area contributed by atoms with E-state index in [0.29, 0.717) is 23.3 Å². The Hall–Kier alpha value is -2.30. The average molecular weight is 262 g/mol. The number of carboxylic acids is 1. The summed E-state index contributed by atoms with van der Waals surface area (Å²) >= 11 is 0. The molecule has 0 spiro atoms. The minimum Gasteiger partial charge on any atom is -0.493 e. The number of hydrogen-bond donors (Lipinski definition) is 1. The standard InChI is InChI=1S/C14H14O5/c1-2-3-6-18-10-5-4-9-7-11(13(15)16)14(17)19-12(9)8-10/h4-5,7-8H,2-3,6H2,1H3,(H,15,16). The molecule has 0 aliphatic heterocycles. The van der Waals surface area contributed by atoms with Crippen LogP contribution < -0.4 is 10.4 Å². The molecule has 0 atom stereocenters. The van der Waals surface area contributed by atoms with Crippen LogP contribution in [0.3, 0.4) is 0 Å². The van der Waals surface area contributed by atoms with Crippen LogP contribution >= 0.6 is 0 Å². The van der Waals surface area contributed by atoms with Gasteiger partial charge in [0.25, 0.3) is 0 Å². The molecule has 0 radical (unpaired) electrons. The largest absolute Gasteiger partial charge is 0.493 e. The summed E-state index contributed by atoms with van der Waals surface area (Å²) in [6, 6.07) is 6.30. The molecule has 1 aromatic heterocycles. The summed E-state index contributed by atoms with van der Waals surface area (Å²) < 4.78 is 10.5. The Bertz CT molecular complexity index is 656. The Kier molecular flexibility index (Phi) is 3.85. The van der Waals surface area contributed by atoms with Gasteiger partial charge in [0.15, 0.2) is 0 Å². The fourth-order valence-electron chi connectivity index (χ4n) is 1.66. The summed E-state index contributed by atoms with van der Waals surface area (Å²) in [6.07, 6.45) is 1.98. The number of unbranched alkanes of at least 4 members (excludes halogenated alkanes) is 1. The van der Waals surface area contributed by atoms with E-state index in [1.807, 2.05) is 0 Å². The molecule has 0 aliphatic rings. The molecule has 5 nitrogen and oxygen atoms in total. The van der Waals surface area contributed by atoms with Gasteiger partial charge in [0.1, 0.15) is 16.9 Å². The van der Waals surface area contributed by atoms with E-state index in [1.54, 1.807) is 18.2 Å². The maximum atomic E-state index is 11.5. The molecule has 2 rings (SSSR count). The lowest BCUT2D eigenvalue weighted by atomic mass is 10.2. The van der Waals surface area contributed by atoms with Gasteiger partial charge in [-0.1, -0.05) is 13.3 Å². The summed E-state index contributed by atoms with van der Waals surface area (Å²) in [7, 11) is 0. The second kappa shape index (κ2) is 5.56. The number of rotatable bonds is 5. The van der Waals surface area contributed by atoms with Crippen LogP contribution in [0.5, 0.6) is 5.75 Å². The summed E-state index contributed by atoms with van der Waals surface area (Å²) in [5, 5.41) is 9.39. The second-order valence-corrected chi connectivity index (χ2v) is 4.15. The van der Waals surface area contributed by atoms with Gasteiger partial charge in [-0.3, -0.25) is 0 Å². The molecule has 19 heavy (non-hydrogen) atoms. The first-order chi connectivity index (χ1) is 9.11. The van der Waals surface area contributed by atoms with Crippen LogP contribution in [0.15, 0.2) is 33.5 Å². The Morgan fingerprint density at radius 1 is 1.37 bits per heavy atom. The van der Waals surface area contributed by atoms with Crippen molar-refractivity contribution in [1.29, 1.82) is 0 Å². The van der Waals surface area contributed by atoms with Crippen LogP contribution in [0.4, 0.5) is 0 Å². The Morgan fingerprint density at radius 3 is 2.84 bits per heavy atom. The van der Waals surface area contributed by atoms with Gasteiger partial charge in [-0.15, -0.1) is 0 Å². The average Bonchev–Trinajstić information content (AvgIpc) is 2.37. The van der Waals surface area contributed by atoms with Crippen molar-refractivity contribution < 1.29 is 19.1 Å². The molecule has 0 saturated heterocycles. The van der Waals surface area contributed by atoms with Gasteiger partial charge >= 0.3 is 11.6 Å². The van der Waals surface area contributed by atoms with E-state index < -0.39 is 11.6 Å². The summed E-state index contributed by atoms with van der Waals surface area (Å²) in [6.45, 7) is 2.66. The molecule has 0 unspecified atom stereocenters. The van der Waals surface area contributed by atoms with Crippen molar-refractivity contribution in [3.05, 3.63) is 40.2 Å². The molecule has 5 heteroatoms. The fraction of sp³-hybridized carbons (Fsp3) is 0.286. The molecule has 1 N–H and O–H groups in total. The maximum Gasteiger partial charge on any atom is 0.351 e. The topological polar surface area (TPSA) is 76.7 Å². The molecule has 1 aromatic carbocycles. The van der Waals surface area contributed by atoms with E-state index in [2.05, 4.69) is 6.92 Å². The first-order valence-corrected chi connectivity index (χ1v) is 6.06. The molecule has 0 amide bonds. The van der Waals surface area contributed by atoms with Gasteiger partial charge < -0.3 is 14.3 Å². The maximum absolute atomic E-state index is 11.5. The Labute approximate surface area is 109 Å². The van der Waals surface area contributed by atoms with Crippen LogP contribution in [0, 0.1) is 0 Å². The number of fused-ring (bicyclic) bond motifs is 1. The molecule has 1 heterocycles. The van der Waals surface area contributed by atoms with Gasteiger partial charge in [-0.25, -0.2) is 9.59 Å². The van der Waals surface area contributed by atoms with Crippen molar-refractivity contribution in [3.8, 4) is 5.75 Å². The molecule has 0 fully saturated rings. The number of aromatic carboxylic acids is 1. The van der Waals surface area contributed by atoms with Gasteiger partial charge in [-0.2, -0.15) is 0 Å². The minimum atomic E-state index is -1.29. The van der Waals surface area contributed by atoms with E-state index >= 15 is 0 Å². The lowest BCUT2D eigenvalue weighted by Gasteiger charge is -2.06. The molecule has 0 bridgehead atoms. The monoisotopic (exact) mass is 262 g/mol. The van der Waals surface area contributed by atoms with E-state index in [9.17, 15) is 9.59 Å². The summed E-state index contributed by atoms with van der Waals surface area (Å²) in [4.78, 5) is 22.3. The third-order valence-corrected chi connectivity index (χ3v) is 2.70. The zero-order valence-corrected chi connectivity index (χ0v) is 10.5. The number of ether oxygens (including phenoxy) is 1. The Balaban J connectivity index is 2.36. The third kappa shape index (κ3) is 2.93. The van der Waals surface area contributed by atoms with Gasteiger partial charge in [0.2, 0.25) is 0 Å². The van der Waals surface area contributed by atoms with Crippen molar-refractivity contribution >= 4 is 16.9 Å². The predicted molar refractivity (Wildman–Crippen MR) is 69.8 cm³/mol. The van der Waals surface area contributed by atoms with Crippen LogP contribution in [0.1, 0.15) is 30.1 Å². The molecule has 100 valence electrons. The van der Waals surface area contributed by atoms with Crippen molar-refractivity contribution in [2.75, 3.05) is 6.61 Å². The highest BCUT2D eigenvalue weighted by atomic mass is 16.5. The van der Waals surface area contributed by atoms with Gasteiger partial charge in [-0.05, 0) is 24.6 Å². The highest BCUT2D eigenvalue weighted by molar-refractivity contribution is 5.91. The normalized spacial score (nSPS) is 10.6. The van der Waals surface area contributed by atoms with Crippen LogP contribution in [0.25, 0.3) is 11.0 Å². The number of carbonyl (C=O) groups is 1. The van der Waals surface area contributed by atoms with E-state index in [-0.39, 0.29) is 5.56 Å². The highest BCUT2D eigenvalue weighted by Crippen LogP contribution is 2.20. The lowest BCUT2D eigenvalue weighted by molar-refractivity contribution is 0.0692. The van der Waals surface area contributed by atoms with Crippen molar-refractivity contribution in [2.45, 2.75) is 19.8 Å². The molecule has 2 aromatic rings. The number of hydrogen-bond acceptors (Lipinski definition) is 4. The van der Waals surface area contributed by atoms with Crippen LogP contribution in [-0.2, 0) is 0 Å². The fourth-order valence-corrected chi connectivity index (χ4v) is 1.66. The van der Waals surface area contributed by atoms with E-state index in [4.69, 9.17) is 14.3 Å². The lowest BCUT2D eigenvalue weighted by Crippen LogP contribution is -2.12. The van der Waals surface area contributed by atoms with Crippen molar-refractivity contribution in [1.82, 2.24) is 0 Å². The zero-order chi connectivity index (χ0) is 13.8. The highest BCUT2D eigenvalue weighted by Gasteiger charge is 2.12. The SMILES string of the molecule is CCCCOc1ccc2cc(C(=O)O)c(=O)oc2c1. The number of carboxylic acid groups (broad SMARTS) is 1. The summed E-state index contributed by atoms with van der Waals surface area (Å²) in [5.74, 6) is -0.689. The van der Waals surface area contributed by atoms with Crippen molar-refractivity contribution in [2.24, 2.45) is 0 Å². The molecule has 0 aliphatic carbocycles. The molecular weight excluding hydrogens is 248 g/mol. The number of benzene rings is 1. The van der Waals surface area contributed by atoms with E-state index in [0.717, 1.165) is 12.8 Å². The second-order valence-electron chi connectivity index (χ2n) is 4.15. The molecule has 0 saturated carbocycles. The van der Waals surface area contributed by atoms with Crippen LogP contribution in [-0.4, -0.2) is 17.7 Å². The quantitative estimate of drug-likeness (QED) is 0.662.